The van der Waals surface area contributed by atoms with Crippen LogP contribution in [0.15, 0.2) is 270 Å². The van der Waals surface area contributed by atoms with Crippen LogP contribution in [-0.4, -0.2) is 120 Å². The third-order valence-corrected chi connectivity index (χ3v) is 11.8. The number of carbonyl (C=O) groups is 11. The van der Waals surface area contributed by atoms with Gasteiger partial charge in [-0.3, -0.25) is 167 Å². The Balaban J connectivity index is 0.000000605. The fourth-order valence-corrected chi connectivity index (χ4v) is 6.45. The molecule has 0 radical (unpaired) electrons. The van der Waals surface area contributed by atoms with Gasteiger partial charge in [0.1, 0.15) is 0 Å². The summed E-state index contributed by atoms with van der Waals surface area (Å²) in [6, 6.07) is 34.9. The van der Waals surface area contributed by atoms with Gasteiger partial charge in [0.2, 0.25) is 0 Å². The van der Waals surface area contributed by atoms with Crippen molar-refractivity contribution >= 4 is 65.0 Å². The van der Waals surface area contributed by atoms with Crippen molar-refractivity contribution in [1.29, 1.82) is 0 Å². The minimum atomic E-state index is -0.303. The standard InChI is InChI=1S/11C6H7N3O/c11*7-9-6(10)5-1-3-8-4-2-5/h11*1-4H,7H2,(H,9,10)/i6+1,7+1,9+1,10+2;6+1,7+1,9+1,10+1;7+1,9+1,10+2;7+1,9+1,10+1;6+1,7+1,9+1;7+1,9+1;6+1,10+2;6+1,10+1;10+2;10+1;6+1. The maximum absolute atomic E-state index is 10.7. The van der Waals surface area contributed by atoms with E-state index in [-0.39, 0.29) is 65.0 Å². The van der Waals surface area contributed by atoms with E-state index in [4.69, 9.17) is 64.3 Å². The summed E-state index contributed by atoms with van der Waals surface area (Å²) >= 11 is 0. The fraction of sp³-hybridized carbons (Fsp3) is 0. The molecule has 11 rings (SSSR count). The Kier molecular flexibility index (Phi) is 49.4. The third-order valence-electron chi connectivity index (χ3n) is 11.8. The van der Waals surface area contributed by atoms with Gasteiger partial charge in [0.25, 0.3) is 65.0 Å². The van der Waals surface area contributed by atoms with Gasteiger partial charge in [-0.2, -0.15) is 0 Å². The number of nitrogen functional groups attached to an aromatic ring is 11. The molecule has 0 fully saturated rings. The van der Waals surface area contributed by atoms with Crippen LogP contribution in [0, 0.1) is 0 Å². The lowest BCUT2D eigenvalue weighted by molar-refractivity contribution is 0.0945. The lowest BCUT2D eigenvalue weighted by atomic mass is 10.3. The second-order valence-corrected chi connectivity index (χ2v) is 18.8. The number of hydrazine groups is 11. The average Bonchev–Trinajstić information content (AvgIpc) is 1.13. The number of aromatic nitrogens is 11. The predicted molar refractivity (Wildman–Crippen MR) is 395 cm³/mol. The van der Waals surface area contributed by atoms with Gasteiger partial charge in [-0.25, -0.2) is 64.3 Å². The van der Waals surface area contributed by atoms with Crippen molar-refractivity contribution in [3.63, 3.8) is 0 Å². The van der Waals surface area contributed by atoms with Crippen molar-refractivity contribution in [2.45, 2.75) is 0 Å². The van der Waals surface area contributed by atoms with Crippen molar-refractivity contribution in [1.82, 2.24) is 115 Å². The zero-order valence-corrected chi connectivity index (χ0v) is 57.7. The van der Waals surface area contributed by atoms with Gasteiger partial charge in [-0.1, -0.05) is 0 Å². The van der Waals surface area contributed by atoms with Crippen LogP contribution in [0.5, 0.6) is 0 Å². The summed E-state index contributed by atoms with van der Waals surface area (Å²) in [4.78, 5) is 159. The number of nitrogens with zero attached hydrogens (tertiary/aromatic N) is 11. The normalized spacial score (nSPS) is 8.90. The summed E-state index contributed by atoms with van der Waals surface area (Å²) in [6.45, 7) is 0. The molecule has 33 N–H and O–H groups in total. The van der Waals surface area contributed by atoms with E-state index in [2.05, 4.69) is 54.8 Å². The molecule has 44 nitrogen and oxygen atoms in total. The molecule has 0 atom stereocenters. The zero-order valence-electron chi connectivity index (χ0n) is 57.7. The second kappa shape index (κ2) is 58.8. The van der Waals surface area contributed by atoms with Crippen LogP contribution in [0.4, 0.5) is 0 Å². The monoisotopic (exact) mass is 1540 g/mol. The molecule has 0 aliphatic carbocycles. The highest BCUT2D eigenvalue weighted by Crippen LogP contribution is 2.01. The van der Waals surface area contributed by atoms with E-state index in [0.29, 0.717) is 61.2 Å². The number of nitrogens with two attached hydrogens (primary N) is 11. The van der Waals surface area contributed by atoms with E-state index < -0.39 is 0 Å². The number of rotatable bonds is 11. The summed E-state index contributed by atoms with van der Waals surface area (Å²) in [5.74, 6) is 50.4. The minimum absolute atomic E-state index is 0.303. The number of carbonyl (C=O) groups excluding carboxylic acids is 11. The van der Waals surface area contributed by atoms with Gasteiger partial charge in [0.05, 0.1) is 0 Å². The van der Waals surface area contributed by atoms with Crippen LogP contribution in [0.1, 0.15) is 114 Å². The molecular formula is C66H77N33O11. The Morgan fingerprint density at radius 1 is 0.191 bits per heavy atom. The first-order chi connectivity index (χ1) is 53.3. The average molecular weight is 1540 g/mol. The Hall–Kier alpha value is -15.6. The molecule has 0 saturated heterocycles. The lowest BCUT2D eigenvalue weighted by Gasteiger charge is -1.95. The first kappa shape index (κ1) is 92.4. The Morgan fingerprint density at radius 2 is 0.300 bits per heavy atom. The molecule has 11 amide bonds. The van der Waals surface area contributed by atoms with Crippen molar-refractivity contribution in [3.05, 3.63) is 331 Å². The summed E-state index contributed by atoms with van der Waals surface area (Å²) in [6.07, 6.45) is 33.7. The van der Waals surface area contributed by atoms with Crippen LogP contribution in [0.2, 0.25) is 0 Å². The van der Waals surface area contributed by atoms with Gasteiger partial charge in [0.15, 0.2) is 0 Å². The van der Waals surface area contributed by atoms with Crippen molar-refractivity contribution in [2.75, 3.05) is 0 Å². The van der Waals surface area contributed by atoms with E-state index in [1.807, 2.05) is 59.7 Å². The highest BCUT2D eigenvalue weighted by Gasteiger charge is 2.06. The number of pyridine rings is 11. The quantitative estimate of drug-likeness (QED) is 0.0149. The predicted octanol–water partition coefficient (Wildman–Crippen LogP) is -3.46. The summed E-state index contributed by atoms with van der Waals surface area (Å²) in [7, 11) is 0. The molecule has 572 valence electrons. The van der Waals surface area contributed by atoms with E-state index in [1.54, 1.807) is 133 Å². The molecular weight excluding hydrogens is 1460 g/mol. The first-order valence-electron chi connectivity index (χ1n) is 30.3. The van der Waals surface area contributed by atoms with Crippen molar-refractivity contribution in [2.24, 2.45) is 64.3 Å². The maximum Gasteiger partial charge on any atom is 0.265 e. The highest BCUT2D eigenvalue weighted by atomic mass is 18.1. The SMILES string of the molecule is NNC(=[17O])c1ccncc1.NNC(=[18O])c1ccncc1.NN[13C](=O)c1ccncc1.NN[13C](=[17O])c1ccncc1.NN[13C](=[18O])c1ccncc1.[15NH2][15NH]C(=O)c1ccncc1.[15NH2][15NH]C(=[17O])c1ccncc1.[15NH2][15NH]C(=[18O])c1ccncc1.[15NH2][15NH][13C](=O)c1ccncc1.[15NH2][15NH][13C](=[17O])c1ccncc1.[15NH2][15NH][13C](=[18O])c1ccncc1. The zero-order chi connectivity index (χ0) is 81.4. The molecule has 11 heterocycles. The Morgan fingerprint density at radius 3 is 0.400 bits per heavy atom. The van der Waals surface area contributed by atoms with Gasteiger partial charge in [-0.15, -0.1) is 0 Å². The fourth-order valence-electron chi connectivity index (χ4n) is 6.45. The van der Waals surface area contributed by atoms with Crippen molar-refractivity contribution in [3.8, 4) is 0 Å². The van der Waals surface area contributed by atoms with Crippen LogP contribution in [-0.2, 0) is 0 Å². The highest BCUT2D eigenvalue weighted by molar-refractivity contribution is 5.98. The summed E-state index contributed by atoms with van der Waals surface area (Å²) in [5.41, 5.74) is 27.8. The van der Waals surface area contributed by atoms with Crippen LogP contribution >= 0.6 is 0 Å². The molecule has 0 bridgehead atoms. The van der Waals surface area contributed by atoms with Crippen LogP contribution < -0.4 is 124 Å². The smallest absolute Gasteiger partial charge is 0.265 e. The number of hydrogen-bond donors (Lipinski definition) is 22. The van der Waals surface area contributed by atoms with Gasteiger partial charge < -0.3 is 0 Å². The van der Waals surface area contributed by atoms with E-state index in [1.165, 1.54) is 136 Å². The number of hydrogen-bond acceptors (Lipinski definition) is 33. The summed E-state index contributed by atoms with van der Waals surface area (Å²) in [5, 5.41) is 0. The molecule has 44 heteroatoms. The largest absolute Gasteiger partial charge is 0.290 e. The Labute approximate surface area is 625 Å². The van der Waals surface area contributed by atoms with E-state index in [9.17, 15) is 52.7 Å². The summed E-state index contributed by atoms with van der Waals surface area (Å²) < 4.78 is 0. The molecule has 0 saturated carbocycles. The lowest BCUT2D eigenvalue weighted by Crippen LogP contribution is -2.29. The van der Waals surface area contributed by atoms with Gasteiger partial charge in [-0.05, 0) is 133 Å². The topological polar surface area (TPSA) is 748 Å². The van der Waals surface area contributed by atoms with Crippen molar-refractivity contribution < 1.29 is 52.7 Å². The van der Waals surface area contributed by atoms with E-state index >= 15 is 0 Å². The molecule has 0 unspecified atom stereocenters. The van der Waals surface area contributed by atoms with Gasteiger partial charge in [0, 0.05) is 198 Å². The van der Waals surface area contributed by atoms with E-state index in [0.717, 1.165) is 0 Å². The molecule has 11 aromatic rings. The molecule has 0 spiro atoms. The first-order valence-corrected chi connectivity index (χ1v) is 30.3. The number of amides is 11. The molecule has 11 aromatic heterocycles. The molecule has 110 heavy (non-hydrogen) atoms. The second-order valence-electron chi connectivity index (χ2n) is 18.8. The molecule has 0 aromatic carbocycles. The third kappa shape index (κ3) is 40.3. The van der Waals surface area contributed by atoms with Crippen LogP contribution in [0.25, 0.3) is 0 Å². The minimum Gasteiger partial charge on any atom is -0.290 e. The Bertz CT molecular complexity index is 3420. The van der Waals surface area contributed by atoms with Crippen LogP contribution in [0.3, 0.4) is 0 Å². The number of nitrogens with one attached hydrogen (secondary N) is 11. The molecule has 0 aliphatic rings. The molecule has 0 aliphatic heterocycles. The van der Waals surface area contributed by atoms with Gasteiger partial charge >= 0.3 is 0 Å². The maximum atomic E-state index is 10.7.